The molecule has 1 saturated heterocycles. The van der Waals surface area contributed by atoms with E-state index in [1.165, 1.54) is 13.3 Å². The maximum absolute atomic E-state index is 15.0. The minimum atomic E-state index is -6.09. The first-order chi connectivity index (χ1) is 23.3. The number of benzene rings is 1. The molecule has 3 fully saturated rings. The Balaban J connectivity index is 0.000000652. The van der Waals surface area contributed by atoms with E-state index in [0.29, 0.717) is 11.1 Å². The first kappa shape index (κ1) is 40.4. The van der Waals surface area contributed by atoms with Gasteiger partial charge in [-0.15, -0.1) is 0 Å². The molecule has 0 aromatic heterocycles. The van der Waals surface area contributed by atoms with Gasteiger partial charge in [0.25, 0.3) is 0 Å². The molecule has 0 radical (unpaired) electrons. The van der Waals surface area contributed by atoms with Gasteiger partial charge in [-0.3, -0.25) is 9.59 Å². The van der Waals surface area contributed by atoms with Crippen LogP contribution in [0.2, 0.25) is 0 Å². The summed E-state index contributed by atoms with van der Waals surface area (Å²) in [4.78, 5) is 41.4. The number of aliphatic hydroxyl groups is 3. The maximum Gasteiger partial charge on any atom is 0.485 e. The number of hydrogen-bond donors (Lipinski definition) is 3. The predicted molar refractivity (Wildman–Crippen MR) is 168 cm³/mol. The number of rotatable bonds is 5. The number of alkyl halides is 3. The van der Waals surface area contributed by atoms with Gasteiger partial charge in [0, 0.05) is 25.2 Å². The molecule has 51 heavy (non-hydrogen) atoms. The number of nitrogens with zero attached hydrogens (tertiary/aromatic N) is 1. The highest BCUT2D eigenvalue weighted by Gasteiger charge is 2.78. The number of esters is 2. The lowest BCUT2D eigenvalue weighted by molar-refractivity contribution is -0.468. The number of Topliss-reactive ketones (excluding diaryl/α,β-unsaturated/α-hetero) is 1. The Morgan fingerprint density at radius 1 is 1.12 bits per heavy atom. The minimum absolute atomic E-state index is 0.0437. The van der Waals surface area contributed by atoms with Crippen LogP contribution in [0, 0.1) is 16.7 Å². The molecular formula is C33H42F3NO13S. The maximum atomic E-state index is 15.0. The summed E-state index contributed by atoms with van der Waals surface area (Å²) in [6.07, 6.45) is -5.22. The Morgan fingerprint density at radius 2 is 1.69 bits per heavy atom. The second kappa shape index (κ2) is 13.5. The number of halogens is 3. The van der Waals surface area contributed by atoms with Crippen LogP contribution in [0.1, 0.15) is 57.8 Å². The Hall–Kier alpha value is -3.42. The van der Waals surface area contributed by atoms with Crippen molar-refractivity contribution in [1.82, 2.24) is 0 Å². The van der Waals surface area contributed by atoms with Gasteiger partial charge in [-0.05, 0) is 37.1 Å². The average Bonchev–Trinajstić information content (AvgIpc) is 3.00. The van der Waals surface area contributed by atoms with Crippen molar-refractivity contribution < 1.29 is 79.4 Å². The van der Waals surface area contributed by atoms with Crippen molar-refractivity contribution in [1.29, 1.82) is 0 Å². The Bertz CT molecular complexity index is 1730. The Morgan fingerprint density at radius 3 is 2.16 bits per heavy atom. The van der Waals surface area contributed by atoms with Gasteiger partial charge in [0.05, 0.1) is 35.7 Å². The molecule has 9 atom stereocenters. The van der Waals surface area contributed by atoms with Gasteiger partial charge >= 0.3 is 23.8 Å². The molecule has 2 bridgehead atoms. The molecule has 18 heteroatoms. The number of hydrogen-bond acceptors (Lipinski definition) is 13. The van der Waals surface area contributed by atoms with Gasteiger partial charge in [-0.25, -0.2) is 17.8 Å². The van der Waals surface area contributed by atoms with E-state index in [9.17, 15) is 42.9 Å². The van der Waals surface area contributed by atoms with Gasteiger partial charge in [0.1, 0.15) is 31.9 Å². The Labute approximate surface area is 292 Å². The average molecular weight is 750 g/mol. The summed E-state index contributed by atoms with van der Waals surface area (Å²) in [7, 11) is -2.65. The van der Waals surface area contributed by atoms with E-state index in [1.54, 1.807) is 76.7 Å². The minimum Gasteiger partial charge on any atom is -0.741 e. The number of carbonyl (C=O) groups excluding carboxylic acids is 3. The number of ketones is 1. The van der Waals surface area contributed by atoms with E-state index in [-0.39, 0.29) is 25.0 Å². The Kier molecular flexibility index (Phi) is 10.7. The summed E-state index contributed by atoms with van der Waals surface area (Å²) < 4.78 is 84.7. The first-order valence-electron chi connectivity index (χ1n) is 15.9. The highest BCUT2D eigenvalue weighted by Crippen LogP contribution is 2.64. The zero-order valence-corrected chi connectivity index (χ0v) is 29.8. The van der Waals surface area contributed by atoms with Gasteiger partial charge in [-0.2, -0.15) is 13.2 Å². The summed E-state index contributed by atoms with van der Waals surface area (Å²) in [6.45, 7) is 7.75. The van der Waals surface area contributed by atoms with E-state index in [2.05, 4.69) is 0 Å². The second-order valence-corrected chi connectivity index (χ2v) is 15.6. The molecule has 5 rings (SSSR count). The van der Waals surface area contributed by atoms with E-state index in [0.717, 1.165) is 0 Å². The van der Waals surface area contributed by atoms with Crippen LogP contribution in [0.15, 0.2) is 41.5 Å². The highest BCUT2D eigenvalue weighted by atomic mass is 32.2. The van der Waals surface area contributed by atoms with E-state index >= 15 is 0 Å². The topological polar surface area (TPSA) is 209 Å². The van der Waals surface area contributed by atoms with Gasteiger partial charge in [-0.1, -0.05) is 32.0 Å². The van der Waals surface area contributed by atoms with Crippen LogP contribution in [0.25, 0.3) is 0 Å². The number of aliphatic hydroxyl groups excluding tert-OH is 2. The molecule has 2 saturated carbocycles. The molecule has 1 aromatic rings. The molecule has 1 aromatic carbocycles. The molecule has 0 amide bonds. The van der Waals surface area contributed by atoms with Crippen LogP contribution in [0.5, 0.6) is 0 Å². The van der Waals surface area contributed by atoms with E-state index in [1.807, 2.05) is 0 Å². The summed E-state index contributed by atoms with van der Waals surface area (Å²) in [6, 6.07) is 8.19. The largest absolute Gasteiger partial charge is 0.741 e. The van der Waals surface area contributed by atoms with Crippen LogP contribution in [0.4, 0.5) is 13.2 Å². The van der Waals surface area contributed by atoms with Crippen LogP contribution in [0.3, 0.4) is 0 Å². The molecule has 1 heterocycles. The number of carbonyl (C=O) groups is 3. The third-order valence-corrected chi connectivity index (χ3v) is 11.2. The lowest BCUT2D eigenvalue weighted by Gasteiger charge is -2.67. The number of fused-ring (bicyclic) bond motifs is 5. The molecule has 0 spiro atoms. The quantitative estimate of drug-likeness (QED) is 0.0742. The monoisotopic (exact) mass is 749 g/mol. The normalized spacial score (nSPS) is 35.6. The van der Waals surface area contributed by atoms with Crippen LogP contribution in [-0.4, -0.2) is 125 Å². The first-order valence-corrected chi connectivity index (χ1v) is 17.3. The third-order valence-electron chi connectivity index (χ3n) is 10.6. The zero-order chi connectivity index (χ0) is 38.7. The van der Waals surface area contributed by atoms with Crippen molar-refractivity contribution in [3.05, 3.63) is 47.0 Å². The summed E-state index contributed by atoms with van der Waals surface area (Å²) >= 11 is 0. The van der Waals surface area contributed by atoms with Crippen molar-refractivity contribution >= 4 is 34.2 Å². The zero-order valence-electron chi connectivity index (χ0n) is 29.0. The smallest absolute Gasteiger partial charge is 0.485 e. The molecule has 14 nitrogen and oxygen atoms in total. The SMILES string of the molecule is CC(=O)O[C@@]12CO[C@@H]1C[C@H](O)[C@@]1(C)C(=O)[C@H](OC=[N+](C)C)C3=C(C)[C@@H](O)C[C@@](O)([C@@H](OC(=O)c4ccccc4)[C@H]21)C3(C)C.O=S(=O)([O-])C(F)(F)F. The second-order valence-electron chi connectivity index (χ2n) is 14.3. The number of ether oxygens (including phenoxy) is 4. The highest BCUT2D eigenvalue weighted by molar-refractivity contribution is 7.86. The molecular weight excluding hydrogens is 707 g/mol. The molecule has 4 aliphatic rings. The summed E-state index contributed by atoms with van der Waals surface area (Å²) in [5.41, 5.74) is -11.3. The molecule has 3 N–H and O–H groups in total. The summed E-state index contributed by atoms with van der Waals surface area (Å²) in [5.74, 6) is -3.28. The molecule has 1 aliphatic heterocycles. The lowest BCUT2D eigenvalue weighted by atomic mass is 9.44. The van der Waals surface area contributed by atoms with E-state index < -0.39 is 91.8 Å². The summed E-state index contributed by atoms with van der Waals surface area (Å²) in [5, 5.41) is 36.1. The van der Waals surface area contributed by atoms with E-state index in [4.69, 9.17) is 31.9 Å². The molecule has 284 valence electrons. The van der Waals surface area contributed by atoms with Gasteiger partial charge in [0.2, 0.25) is 0 Å². The standard InChI is InChI=1S/C32H42NO10.CHF3O3S/c1-17-20(35)14-32(39)27(42-28(38)19-11-9-8-10-12-19)25-30(5,21(36)13-22-31(25,15-40-22)43-18(2)34)26(37)24(41-16-33(6)7)23(17)29(32,3)4;2-1(3,4)8(5,6)7/h8-12,16,20-22,24-25,27,35-36,39H,13-15H2,1-7H3;(H,5,6,7)/q+1;/p-1/t20-,21-,22+,24+,25-,27-,30+,31-,32+;/m0./s1. The van der Waals surface area contributed by atoms with Crippen molar-refractivity contribution in [2.45, 2.75) is 94.7 Å². The lowest BCUT2D eigenvalue weighted by Crippen LogP contribution is -2.81. The van der Waals surface area contributed by atoms with Gasteiger partial charge in [0.15, 0.2) is 27.6 Å². The van der Waals surface area contributed by atoms with Crippen LogP contribution in [-0.2, 0) is 38.7 Å². The molecule has 0 unspecified atom stereocenters. The van der Waals surface area contributed by atoms with Crippen molar-refractivity contribution in [2.24, 2.45) is 16.7 Å². The fourth-order valence-corrected chi connectivity index (χ4v) is 7.94. The predicted octanol–water partition coefficient (Wildman–Crippen LogP) is 1.46. The fourth-order valence-electron chi connectivity index (χ4n) is 7.94. The van der Waals surface area contributed by atoms with Crippen molar-refractivity contribution in [2.75, 3.05) is 20.7 Å². The molecule has 3 aliphatic carbocycles. The van der Waals surface area contributed by atoms with Gasteiger partial charge < -0.3 is 38.8 Å². The van der Waals surface area contributed by atoms with Crippen molar-refractivity contribution in [3.63, 3.8) is 0 Å². The van der Waals surface area contributed by atoms with Crippen LogP contribution < -0.4 is 0 Å². The van der Waals surface area contributed by atoms with Crippen molar-refractivity contribution in [3.8, 4) is 0 Å². The third kappa shape index (κ3) is 6.70. The fraction of sp³-hybridized carbons (Fsp3) is 0.636. The van der Waals surface area contributed by atoms with Crippen LogP contribution >= 0.6 is 0 Å².